The fourth-order valence-corrected chi connectivity index (χ4v) is 3.18. The van der Waals surface area contributed by atoms with Gasteiger partial charge in [-0.25, -0.2) is 0 Å². The van der Waals surface area contributed by atoms with E-state index in [4.69, 9.17) is 23.2 Å². The van der Waals surface area contributed by atoms with Gasteiger partial charge in [0, 0.05) is 34.3 Å². The molecular formula is C23H19Cl2NO. The molecule has 0 aromatic heterocycles. The Morgan fingerprint density at radius 1 is 0.889 bits per heavy atom. The molecule has 2 nitrogen and oxygen atoms in total. The van der Waals surface area contributed by atoms with Crippen molar-refractivity contribution in [3.63, 3.8) is 0 Å². The molecule has 0 saturated carbocycles. The van der Waals surface area contributed by atoms with Crippen molar-refractivity contribution in [1.82, 2.24) is 5.32 Å². The smallest absolute Gasteiger partial charge is 0.190 e. The van der Waals surface area contributed by atoms with Crippen LogP contribution in [0.3, 0.4) is 0 Å². The molecule has 0 heterocycles. The first-order chi connectivity index (χ1) is 13.1. The topological polar surface area (TPSA) is 29.1 Å². The van der Waals surface area contributed by atoms with Gasteiger partial charge in [-0.15, -0.1) is 0 Å². The highest BCUT2D eigenvalue weighted by molar-refractivity contribution is 6.35. The van der Waals surface area contributed by atoms with E-state index in [2.05, 4.69) is 5.32 Å². The lowest BCUT2D eigenvalue weighted by Crippen LogP contribution is -2.21. The largest absolute Gasteiger partial charge is 0.308 e. The predicted octanol–water partition coefficient (Wildman–Crippen LogP) is 6.05. The Bertz CT molecular complexity index is 937. The molecule has 0 fully saturated rings. The minimum atomic E-state index is -0.0258. The van der Waals surface area contributed by atoms with Crippen molar-refractivity contribution < 1.29 is 4.79 Å². The SMILES string of the molecule is O=C(/C(=C/c1ccc(Cl)cc1Cl)CNCc1ccccc1)c1ccccc1. The third-order valence-corrected chi connectivity index (χ3v) is 4.67. The summed E-state index contributed by atoms with van der Waals surface area (Å²) in [5.74, 6) is -0.0258. The Kier molecular flexibility index (Phi) is 6.83. The lowest BCUT2D eigenvalue weighted by Gasteiger charge is -2.10. The Morgan fingerprint density at radius 3 is 2.22 bits per heavy atom. The summed E-state index contributed by atoms with van der Waals surface area (Å²) in [4.78, 5) is 13.0. The van der Waals surface area contributed by atoms with Gasteiger partial charge in [-0.1, -0.05) is 89.9 Å². The number of hydrogen-bond acceptors (Lipinski definition) is 2. The van der Waals surface area contributed by atoms with Crippen LogP contribution >= 0.6 is 23.2 Å². The van der Waals surface area contributed by atoms with Crippen LogP contribution in [0, 0.1) is 0 Å². The van der Waals surface area contributed by atoms with E-state index in [9.17, 15) is 4.79 Å². The zero-order valence-electron chi connectivity index (χ0n) is 14.7. The molecule has 0 unspecified atom stereocenters. The van der Waals surface area contributed by atoms with Crippen molar-refractivity contribution >= 4 is 35.1 Å². The molecule has 3 aromatic carbocycles. The lowest BCUT2D eigenvalue weighted by molar-refractivity contribution is 0.103. The van der Waals surface area contributed by atoms with E-state index < -0.39 is 0 Å². The molecule has 0 aliphatic heterocycles. The van der Waals surface area contributed by atoms with E-state index >= 15 is 0 Å². The molecule has 0 saturated heterocycles. The Hall–Kier alpha value is -2.39. The fraction of sp³-hybridized carbons (Fsp3) is 0.0870. The summed E-state index contributed by atoms with van der Waals surface area (Å²) in [6.45, 7) is 1.11. The number of nitrogens with one attached hydrogen (secondary N) is 1. The zero-order chi connectivity index (χ0) is 19.1. The first-order valence-electron chi connectivity index (χ1n) is 8.63. The van der Waals surface area contributed by atoms with Crippen LogP contribution in [0.1, 0.15) is 21.5 Å². The van der Waals surface area contributed by atoms with Gasteiger partial charge in [0.05, 0.1) is 0 Å². The fourth-order valence-electron chi connectivity index (χ4n) is 2.72. The van der Waals surface area contributed by atoms with Gasteiger partial charge in [0.15, 0.2) is 5.78 Å². The predicted molar refractivity (Wildman–Crippen MR) is 113 cm³/mol. The molecule has 0 bridgehead atoms. The van der Waals surface area contributed by atoms with Gasteiger partial charge in [0.25, 0.3) is 0 Å². The molecule has 3 rings (SSSR count). The first-order valence-corrected chi connectivity index (χ1v) is 9.39. The van der Waals surface area contributed by atoms with Gasteiger partial charge in [0.1, 0.15) is 0 Å². The number of rotatable bonds is 7. The average Bonchev–Trinajstić information content (AvgIpc) is 2.70. The zero-order valence-corrected chi connectivity index (χ0v) is 16.2. The van der Waals surface area contributed by atoms with Crippen molar-refractivity contribution in [3.05, 3.63) is 111 Å². The van der Waals surface area contributed by atoms with Crippen LogP contribution in [0.25, 0.3) is 6.08 Å². The van der Waals surface area contributed by atoms with Crippen molar-refractivity contribution in [2.24, 2.45) is 0 Å². The quantitative estimate of drug-likeness (QED) is 0.389. The van der Waals surface area contributed by atoms with Crippen LogP contribution < -0.4 is 5.32 Å². The van der Waals surface area contributed by atoms with Crippen molar-refractivity contribution in [2.45, 2.75) is 6.54 Å². The first kappa shape index (κ1) is 19.4. The van der Waals surface area contributed by atoms with E-state index in [1.807, 2.05) is 72.8 Å². The standard InChI is InChI=1S/C23H19Cl2NO/c24-21-12-11-19(22(25)14-21)13-20(23(27)18-9-5-2-6-10-18)16-26-15-17-7-3-1-4-8-17/h1-14,26H,15-16H2/b20-13+. The van der Waals surface area contributed by atoms with Crippen LogP contribution in [0.15, 0.2) is 84.4 Å². The van der Waals surface area contributed by atoms with Gasteiger partial charge in [-0.3, -0.25) is 4.79 Å². The maximum absolute atomic E-state index is 13.0. The highest BCUT2D eigenvalue weighted by Crippen LogP contribution is 2.24. The van der Waals surface area contributed by atoms with Crippen LogP contribution in [0.2, 0.25) is 10.0 Å². The molecule has 0 amide bonds. The van der Waals surface area contributed by atoms with Gasteiger partial charge in [-0.05, 0) is 29.3 Å². The van der Waals surface area contributed by atoms with Crippen molar-refractivity contribution in [1.29, 1.82) is 0 Å². The van der Waals surface area contributed by atoms with Crippen molar-refractivity contribution in [2.75, 3.05) is 6.54 Å². The summed E-state index contributed by atoms with van der Waals surface area (Å²) in [5.41, 5.74) is 3.21. The van der Waals surface area contributed by atoms with Gasteiger partial charge < -0.3 is 5.32 Å². The second-order valence-electron chi connectivity index (χ2n) is 6.12. The molecule has 3 aromatic rings. The molecule has 0 radical (unpaired) electrons. The van der Waals surface area contributed by atoms with Gasteiger partial charge in [-0.2, -0.15) is 0 Å². The number of hydrogen-bond donors (Lipinski definition) is 1. The lowest BCUT2D eigenvalue weighted by atomic mass is 10.0. The Labute approximate surface area is 169 Å². The molecule has 4 heteroatoms. The van der Waals surface area contributed by atoms with Gasteiger partial charge in [0.2, 0.25) is 0 Å². The number of halogens is 2. The van der Waals surface area contributed by atoms with E-state index in [0.29, 0.717) is 34.3 Å². The normalized spacial score (nSPS) is 11.4. The van der Waals surface area contributed by atoms with Crippen molar-refractivity contribution in [3.8, 4) is 0 Å². The number of benzene rings is 3. The van der Waals surface area contributed by atoms with Gasteiger partial charge >= 0.3 is 0 Å². The van der Waals surface area contributed by atoms with Crippen LogP contribution in [0.4, 0.5) is 0 Å². The molecule has 1 N–H and O–H groups in total. The monoisotopic (exact) mass is 395 g/mol. The molecule has 0 aliphatic carbocycles. The van der Waals surface area contributed by atoms with Crippen LogP contribution in [-0.2, 0) is 6.54 Å². The Morgan fingerprint density at radius 2 is 1.56 bits per heavy atom. The molecule has 0 spiro atoms. The van der Waals surface area contributed by atoms with Crippen LogP contribution in [-0.4, -0.2) is 12.3 Å². The summed E-state index contributed by atoms with van der Waals surface area (Å²) in [6, 6.07) is 24.6. The molecule has 136 valence electrons. The Balaban J connectivity index is 1.84. The minimum Gasteiger partial charge on any atom is -0.308 e. The summed E-state index contributed by atoms with van der Waals surface area (Å²) in [5, 5.41) is 4.43. The number of carbonyl (C=O) groups is 1. The van der Waals surface area contributed by atoms with E-state index in [1.165, 1.54) is 0 Å². The van der Waals surface area contributed by atoms with Crippen LogP contribution in [0.5, 0.6) is 0 Å². The third kappa shape index (κ3) is 5.54. The summed E-state index contributed by atoms with van der Waals surface area (Å²) < 4.78 is 0. The molecule has 0 atom stereocenters. The van der Waals surface area contributed by atoms with E-state index in [-0.39, 0.29) is 5.78 Å². The molecule has 0 aliphatic rings. The third-order valence-electron chi connectivity index (χ3n) is 4.11. The minimum absolute atomic E-state index is 0.0258. The average molecular weight is 396 g/mol. The van der Waals surface area contributed by atoms with E-state index in [1.54, 1.807) is 12.1 Å². The second kappa shape index (κ2) is 9.52. The number of ketones is 1. The van der Waals surface area contributed by atoms with E-state index in [0.717, 1.165) is 11.1 Å². The number of carbonyl (C=O) groups excluding carboxylic acids is 1. The molecule has 27 heavy (non-hydrogen) atoms. The summed E-state index contributed by atoms with van der Waals surface area (Å²) in [6.07, 6.45) is 1.83. The summed E-state index contributed by atoms with van der Waals surface area (Å²) in [7, 11) is 0. The highest BCUT2D eigenvalue weighted by Gasteiger charge is 2.13. The highest BCUT2D eigenvalue weighted by atomic mass is 35.5. The molecular weight excluding hydrogens is 377 g/mol. The summed E-state index contributed by atoms with van der Waals surface area (Å²) >= 11 is 12.3. The maximum atomic E-state index is 13.0. The maximum Gasteiger partial charge on any atom is 0.190 e. The second-order valence-corrected chi connectivity index (χ2v) is 6.96. The number of Topliss-reactive ketones (excluding diaryl/α,β-unsaturated/α-hetero) is 1.